The van der Waals surface area contributed by atoms with Crippen LogP contribution >= 0.6 is 0 Å². The number of carbonyl (C=O) groups is 3. The fraction of sp³-hybridized carbons (Fsp3) is 0.417. The highest BCUT2D eigenvalue weighted by Crippen LogP contribution is 2.08. The summed E-state index contributed by atoms with van der Waals surface area (Å²) in [4.78, 5) is 33.6. The molecule has 1 heterocycles. The lowest BCUT2D eigenvalue weighted by Gasteiger charge is -2.13. The average Bonchev–Trinajstić information content (AvgIpc) is 2.83. The number of hydrogen-bond acceptors (Lipinski definition) is 4. The van der Waals surface area contributed by atoms with Crippen LogP contribution in [0.5, 0.6) is 0 Å². The van der Waals surface area contributed by atoms with E-state index in [1.807, 2.05) is 6.92 Å². The average molecular weight is 268 g/mol. The van der Waals surface area contributed by atoms with Crippen LogP contribution in [0.15, 0.2) is 16.7 Å². The van der Waals surface area contributed by atoms with Gasteiger partial charge in [0.05, 0.1) is 5.56 Å². The second-order valence-corrected chi connectivity index (χ2v) is 4.07. The molecule has 1 aromatic heterocycles. The third kappa shape index (κ3) is 4.13. The number of nitrogens with two attached hydrogens (primary N) is 1. The summed E-state index contributed by atoms with van der Waals surface area (Å²) in [7, 11) is 0. The second-order valence-electron chi connectivity index (χ2n) is 4.07. The lowest BCUT2D eigenvalue weighted by Crippen LogP contribution is -2.40. The highest BCUT2D eigenvalue weighted by Gasteiger charge is 2.21. The van der Waals surface area contributed by atoms with E-state index in [0.29, 0.717) is 12.8 Å². The van der Waals surface area contributed by atoms with Gasteiger partial charge in [0, 0.05) is 6.07 Å². The molecular formula is C12H16N2O5. The van der Waals surface area contributed by atoms with Gasteiger partial charge in [-0.1, -0.05) is 19.8 Å². The molecule has 0 saturated heterocycles. The van der Waals surface area contributed by atoms with E-state index in [1.165, 1.54) is 6.07 Å². The standard InChI is InChI=1S/C12H16N2O5/c1-2-3-4-8(12(17)18)14-11(16)7-5-9(10(13)15)19-6-7/h5-6,8H,2-4H2,1H3,(H2,13,15)(H,14,16)(H,17,18)/t8-/m0/s1. The zero-order valence-electron chi connectivity index (χ0n) is 10.5. The summed E-state index contributed by atoms with van der Waals surface area (Å²) in [5.41, 5.74) is 5.05. The van der Waals surface area contributed by atoms with E-state index in [1.54, 1.807) is 0 Å². The van der Waals surface area contributed by atoms with Gasteiger partial charge in [-0.2, -0.15) is 0 Å². The number of unbranched alkanes of at least 4 members (excludes halogenated alkanes) is 1. The predicted molar refractivity (Wildman–Crippen MR) is 65.6 cm³/mol. The van der Waals surface area contributed by atoms with Crippen LogP contribution in [0.2, 0.25) is 0 Å². The third-order valence-electron chi connectivity index (χ3n) is 2.55. The molecule has 19 heavy (non-hydrogen) atoms. The predicted octanol–water partition coefficient (Wildman–Crippen LogP) is 0.752. The number of carboxylic acid groups (broad SMARTS) is 1. The van der Waals surface area contributed by atoms with Gasteiger partial charge in [0.25, 0.3) is 11.8 Å². The number of carboxylic acids is 1. The number of furan rings is 1. The van der Waals surface area contributed by atoms with Crippen LogP contribution in [0.25, 0.3) is 0 Å². The smallest absolute Gasteiger partial charge is 0.326 e. The Hall–Kier alpha value is -2.31. The van der Waals surface area contributed by atoms with Crippen molar-refractivity contribution in [1.29, 1.82) is 0 Å². The number of nitrogens with one attached hydrogen (secondary N) is 1. The lowest BCUT2D eigenvalue weighted by atomic mass is 10.1. The fourth-order valence-electron chi connectivity index (χ4n) is 1.49. The van der Waals surface area contributed by atoms with Crippen LogP contribution in [0.4, 0.5) is 0 Å². The molecule has 0 aliphatic heterocycles. The maximum atomic E-state index is 11.8. The highest BCUT2D eigenvalue weighted by atomic mass is 16.4. The normalized spacial score (nSPS) is 11.8. The van der Waals surface area contributed by atoms with E-state index in [0.717, 1.165) is 12.7 Å². The minimum atomic E-state index is -1.10. The molecule has 1 rings (SSSR count). The Morgan fingerprint density at radius 1 is 1.47 bits per heavy atom. The van der Waals surface area contributed by atoms with Crippen molar-refractivity contribution in [2.75, 3.05) is 0 Å². The Kier molecular flexibility index (Phi) is 5.11. The first-order valence-electron chi connectivity index (χ1n) is 5.87. The van der Waals surface area contributed by atoms with Gasteiger partial charge in [0.15, 0.2) is 5.76 Å². The Labute approximate surface area is 109 Å². The van der Waals surface area contributed by atoms with Gasteiger partial charge >= 0.3 is 5.97 Å². The number of hydrogen-bond donors (Lipinski definition) is 3. The number of aliphatic carboxylic acids is 1. The van der Waals surface area contributed by atoms with E-state index in [4.69, 9.17) is 15.3 Å². The zero-order chi connectivity index (χ0) is 14.4. The van der Waals surface area contributed by atoms with E-state index in [-0.39, 0.29) is 11.3 Å². The lowest BCUT2D eigenvalue weighted by molar-refractivity contribution is -0.139. The maximum Gasteiger partial charge on any atom is 0.326 e. The number of amides is 2. The molecule has 7 nitrogen and oxygen atoms in total. The molecule has 0 aliphatic rings. The Balaban J connectivity index is 2.70. The van der Waals surface area contributed by atoms with Crippen molar-refractivity contribution in [2.45, 2.75) is 32.2 Å². The van der Waals surface area contributed by atoms with Crippen molar-refractivity contribution < 1.29 is 23.9 Å². The van der Waals surface area contributed by atoms with Crippen molar-refractivity contribution in [3.8, 4) is 0 Å². The van der Waals surface area contributed by atoms with E-state index in [9.17, 15) is 14.4 Å². The van der Waals surface area contributed by atoms with Crippen LogP contribution in [-0.2, 0) is 4.79 Å². The molecule has 7 heteroatoms. The van der Waals surface area contributed by atoms with Crippen molar-refractivity contribution in [2.24, 2.45) is 5.73 Å². The van der Waals surface area contributed by atoms with Gasteiger partial charge in [0.2, 0.25) is 0 Å². The summed E-state index contributed by atoms with van der Waals surface area (Å²) in [5, 5.41) is 11.3. The fourth-order valence-corrected chi connectivity index (χ4v) is 1.49. The first-order valence-corrected chi connectivity index (χ1v) is 5.87. The van der Waals surface area contributed by atoms with Gasteiger partial charge in [-0.3, -0.25) is 9.59 Å². The first-order chi connectivity index (χ1) is 8.95. The van der Waals surface area contributed by atoms with Crippen molar-refractivity contribution in [3.05, 3.63) is 23.7 Å². The van der Waals surface area contributed by atoms with Crippen molar-refractivity contribution in [1.82, 2.24) is 5.32 Å². The summed E-state index contributed by atoms with van der Waals surface area (Å²) in [5.74, 6) is -2.65. The van der Waals surface area contributed by atoms with E-state index >= 15 is 0 Å². The molecule has 0 saturated carbocycles. The molecule has 104 valence electrons. The monoisotopic (exact) mass is 268 g/mol. The largest absolute Gasteiger partial charge is 0.480 e. The highest BCUT2D eigenvalue weighted by molar-refractivity contribution is 5.99. The van der Waals surface area contributed by atoms with Gasteiger partial charge in [-0.05, 0) is 6.42 Å². The van der Waals surface area contributed by atoms with Crippen molar-refractivity contribution in [3.63, 3.8) is 0 Å². The molecule has 1 aromatic rings. The van der Waals surface area contributed by atoms with Gasteiger partial charge in [-0.15, -0.1) is 0 Å². The molecule has 1 atom stereocenters. The molecule has 0 radical (unpaired) electrons. The Morgan fingerprint density at radius 3 is 2.63 bits per heavy atom. The second kappa shape index (κ2) is 6.58. The van der Waals surface area contributed by atoms with Gasteiger partial charge in [-0.25, -0.2) is 4.79 Å². The Bertz CT molecular complexity index is 480. The quantitative estimate of drug-likeness (QED) is 0.673. The molecular weight excluding hydrogens is 252 g/mol. The number of carbonyl (C=O) groups excluding carboxylic acids is 2. The summed E-state index contributed by atoms with van der Waals surface area (Å²) in [6.07, 6.45) is 2.93. The summed E-state index contributed by atoms with van der Waals surface area (Å²) < 4.78 is 4.79. The van der Waals surface area contributed by atoms with Crippen molar-refractivity contribution >= 4 is 17.8 Å². The molecule has 0 aromatic carbocycles. The van der Waals surface area contributed by atoms with Crippen LogP contribution in [0.3, 0.4) is 0 Å². The first kappa shape index (κ1) is 14.7. The number of primary amides is 1. The minimum absolute atomic E-state index is 0.0662. The van der Waals surface area contributed by atoms with Crippen LogP contribution in [0, 0.1) is 0 Å². The van der Waals surface area contributed by atoms with Gasteiger partial charge in [0.1, 0.15) is 12.3 Å². The summed E-state index contributed by atoms with van der Waals surface area (Å²) in [6, 6.07) is 0.218. The van der Waals surface area contributed by atoms with E-state index in [2.05, 4.69) is 5.32 Å². The molecule has 2 amide bonds. The van der Waals surface area contributed by atoms with E-state index < -0.39 is 23.8 Å². The molecule has 0 aliphatic carbocycles. The van der Waals surface area contributed by atoms with Crippen LogP contribution < -0.4 is 11.1 Å². The molecule has 4 N–H and O–H groups in total. The van der Waals surface area contributed by atoms with Crippen LogP contribution in [-0.4, -0.2) is 28.9 Å². The minimum Gasteiger partial charge on any atom is -0.480 e. The Morgan fingerprint density at radius 2 is 2.16 bits per heavy atom. The molecule has 0 spiro atoms. The molecule has 0 unspecified atom stereocenters. The third-order valence-corrected chi connectivity index (χ3v) is 2.55. The SMILES string of the molecule is CCCC[C@H](NC(=O)c1coc(C(N)=O)c1)C(=O)O. The van der Waals surface area contributed by atoms with Crippen LogP contribution in [0.1, 0.15) is 47.1 Å². The summed E-state index contributed by atoms with van der Waals surface area (Å²) in [6.45, 7) is 1.93. The molecule has 0 fully saturated rings. The number of rotatable bonds is 7. The maximum absolute atomic E-state index is 11.8. The topological polar surface area (TPSA) is 123 Å². The molecule has 0 bridgehead atoms. The summed E-state index contributed by atoms with van der Waals surface area (Å²) >= 11 is 0. The van der Waals surface area contributed by atoms with Gasteiger partial charge < -0.3 is 20.6 Å². The zero-order valence-corrected chi connectivity index (χ0v) is 10.5.